The zero-order valence-corrected chi connectivity index (χ0v) is 11.7. The SMILES string of the molecule is CCCC1(C)COC([C@H](C)c2ccccc2)OC1. The normalized spacial score (nSPS) is 30.1. The predicted octanol–water partition coefficient (Wildman–Crippen LogP) is 3.97. The van der Waals surface area contributed by atoms with E-state index in [1.807, 2.05) is 6.07 Å². The fourth-order valence-corrected chi connectivity index (χ4v) is 2.61. The molecule has 0 aromatic heterocycles. The van der Waals surface area contributed by atoms with Gasteiger partial charge < -0.3 is 9.47 Å². The van der Waals surface area contributed by atoms with E-state index in [1.54, 1.807) is 0 Å². The first kappa shape index (κ1) is 13.6. The first-order valence-corrected chi connectivity index (χ1v) is 6.93. The smallest absolute Gasteiger partial charge is 0.164 e. The van der Waals surface area contributed by atoms with Crippen molar-refractivity contribution in [2.45, 2.75) is 45.8 Å². The third kappa shape index (κ3) is 3.12. The minimum atomic E-state index is -0.0997. The molecule has 0 spiro atoms. The molecule has 2 nitrogen and oxygen atoms in total. The Labute approximate surface area is 110 Å². The van der Waals surface area contributed by atoms with E-state index >= 15 is 0 Å². The first-order valence-electron chi connectivity index (χ1n) is 6.93. The molecular formula is C16H24O2. The van der Waals surface area contributed by atoms with Crippen molar-refractivity contribution in [3.63, 3.8) is 0 Å². The van der Waals surface area contributed by atoms with Crippen LogP contribution in [0.15, 0.2) is 30.3 Å². The van der Waals surface area contributed by atoms with Crippen molar-refractivity contribution in [3.8, 4) is 0 Å². The minimum Gasteiger partial charge on any atom is -0.351 e. The molecule has 2 heteroatoms. The molecule has 1 aromatic rings. The van der Waals surface area contributed by atoms with Gasteiger partial charge in [0, 0.05) is 11.3 Å². The van der Waals surface area contributed by atoms with E-state index in [0.717, 1.165) is 13.2 Å². The van der Waals surface area contributed by atoms with Gasteiger partial charge in [-0.05, 0) is 12.0 Å². The molecule has 100 valence electrons. The number of hydrogen-bond acceptors (Lipinski definition) is 2. The Morgan fingerprint density at radius 3 is 2.39 bits per heavy atom. The van der Waals surface area contributed by atoms with Crippen molar-refractivity contribution in [1.29, 1.82) is 0 Å². The topological polar surface area (TPSA) is 18.5 Å². The summed E-state index contributed by atoms with van der Waals surface area (Å²) in [6.45, 7) is 8.25. The van der Waals surface area contributed by atoms with E-state index in [0.29, 0.717) is 0 Å². The third-order valence-electron chi connectivity index (χ3n) is 3.78. The van der Waals surface area contributed by atoms with Crippen LogP contribution in [0.25, 0.3) is 0 Å². The Bertz CT molecular complexity index is 353. The zero-order valence-electron chi connectivity index (χ0n) is 11.7. The molecule has 1 aliphatic rings. The highest BCUT2D eigenvalue weighted by Crippen LogP contribution is 2.33. The van der Waals surface area contributed by atoms with Gasteiger partial charge >= 0.3 is 0 Å². The van der Waals surface area contributed by atoms with Crippen molar-refractivity contribution < 1.29 is 9.47 Å². The molecule has 0 amide bonds. The largest absolute Gasteiger partial charge is 0.351 e. The molecule has 0 saturated carbocycles. The molecule has 0 radical (unpaired) electrons. The van der Waals surface area contributed by atoms with Gasteiger partial charge in [0.25, 0.3) is 0 Å². The Balaban J connectivity index is 1.94. The van der Waals surface area contributed by atoms with Crippen molar-refractivity contribution in [2.75, 3.05) is 13.2 Å². The van der Waals surface area contributed by atoms with Crippen LogP contribution in [0.3, 0.4) is 0 Å². The van der Waals surface area contributed by atoms with Crippen molar-refractivity contribution >= 4 is 0 Å². The van der Waals surface area contributed by atoms with Crippen molar-refractivity contribution in [3.05, 3.63) is 35.9 Å². The van der Waals surface area contributed by atoms with E-state index in [1.165, 1.54) is 18.4 Å². The summed E-state index contributed by atoms with van der Waals surface area (Å²) in [4.78, 5) is 0. The molecule has 0 bridgehead atoms. The van der Waals surface area contributed by atoms with Gasteiger partial charge in [0.1, 0.15) is 0 Å². The quantitative estimate of drug-likeness (QED) is 0.802. The molecule has 1 saturated heterocycles. The predicted molar refractivity (Wildman–Crippen MR) is 73.6 cm³/mol. The highest BCUT2D eigenvalue weighted by atomic mass is 16.7. The maximum atomic E-state index is 5.94. The van der Waals surface area contributed by atoms with Gasteiger partial charge in [-0.3, -0.25) is 0 Å². The molecule has 1 fully saturated rings. The van der Waals surface area contributed by atoms with Crippen molar-refractivity contribution in [1.82, 2.24) is 0 Å². The standard InChI is InChI=1S/C16H24O2/c1-4-10-16(3)11-17-15(18-12-16)13(2)14-8-6-5-7-9-14/h5-9,13,15H,4,10-12H2,1-3H3/t13-,15?,16?/m1/s1. The van der Waals surface area contributed by atoms with Gasteiger partial charge in [-0.2, -0.15) is 0 Å². The van der Waals surface area contributed by atoms with E-state index in [9.17, 15) is 0 Å². The second kappa shape index (κ2) is 5.85. The van der Waals surface area contributed by atoms with Crippen molar-refractivity contribution in [2.24, 2.45) is 5.41 Å². The zero-order chi connectivity index (χ0) is 13.0. The summed E-state index contributed by atoms with van der Waals surface area (Å²) < 4.78 is 11.9. The second-order valence-corrected chi connectivity index (χ2v) is 5.75. The number of benzene rings is 1. The van der Waals surface area contributed by atoms with Crippen LogP contribution in [-0.4, -0.2) is 19.5 Å². The third-order valence-corrected chi connectivity index (χ3v) is 3.78. The van der Waals surface area contributed by atoms with Crippen LogP contribution in [0.5, 0.6) is 0 Å². The Kier molecular flexibility index (Phi) is 4.41. The van der Waals surface area contributed by atoms with Crippen LogP contribution < -0.4 is 0 Å². The second-order valence-electron chi connectivity index (χ2n) is 5.75. The number of ether oxygens (including phenoxy) is 2. The van der Waals surface area contributed by atoms with E-state index in [2.05, 4.69) is 45.0 Å². The highest BCUT2D eigenvalue weighted by Gasteiger charge is 2.34. The maximum absolute atomic E-state index is 5.94. The Morgan fingerprint density at radius 1 is 1.22 bits per heavy atom. The van der Waals surface area contributed by atoms with Gasteiger partial charge in [0.15, 0.2) is 6.29 Å². The molecule has 0 aliphatic carbocycles. The van der Waals surface area contributed by atoms with Gasteiger partial charge in [-0.1, -0.05) is 57.5 Å². The van der Waals surface area contributed by atoms with Crippen LogP contribution in [0.2, 0.25) is 0 Å². The van der Waals surface area contributed by atoms with Crippen LogP contribution in [0.1, 0.15) is 45.1 Å². The lowest BCUT2D eigenvalue weighted by Crippen LogP contribution is -2.41. The van der Waals surface area contributed by atoms with Crippen LogP contribution >= 0.6 is 0 Å². The maximum Gasteiger partial charge on any atom is 0.164 e. The summed E-state index contributed by atoms with van der Waals surface area (Å²) in [5.74, 6) is 0.289. The lowest BCUT2D eigenvalue weighted by molar-refractivity contribution is -0.234. The highest BCUT2D eigenvalue weighted by molar-refractivity contribution is 5.19. The molecule has 1 heterocycles. The molecular weight excluding hydrogens is 224 g/mol. The van der Waals surface area contributed by atoms with Crippen LogP contribution in [0.4, 0.5) is 0 Å². The summed E-state index contributed by atoms with van der Waals surface area (Å²) in [6, 6.07) is 10.4. The monoisotopic (exact) mass is 248 g/mol. The van der Waals surface area contributed by atoms with Crippen LogP contribution in [0, 0.1) is 5.41 Å². The Morgan fingerprint density at radius 2 is 1.83 bits per heavy atom. The average Bonchev–Trinajstić information content (AvgIpc) is 2.40. The van der Waals surface area contributed by atoms with Crippen LogP contribution in [-0.2, 0) is 9.47 Å². The summed E-state index contributed by atoms with van der Waals surface area (Å²) in [7, 11) is 0. The average molecular weight is 248 g/mol. The lowest BCUT2D eigenvalue weighted by Gasteiger charge is -2.39. The van der Waals surface area contributed by atoms with Gasteiger partial charge in [0.2, 0.25) is 0 Å². The number of hydrogen-bond donors (Lipinski definition) is 0. The van der Waals surface area contributed by atoms with E-state index in [4.69, 9.17) is 9.47 Å². The minimum absolute atomic E-state index is 0.0997. The molecule has 1 atom stereocenters. The summed E-state index contributed by atoms with van der Waals surface area (Å²) in [6.07, 6.45) is 2.25. The fraction of sp³-hybridized carbons (Fsp3) is 0.625. The summed E-state index contributed by atoms with van der Waals surface area (Å²) >= 11 is 0. The molecule has 18 heavy (non-hydrogen) atoms. The van der Waals surface area contributed by atoms with E-state index < -0.39 is 0 Å². The Hall–Kier alpha value is -0.860. The fourth-order valence-electron chi connectivity index (χ4n) is 2.61. The number of rotatable bonds is 4. The molecule has 1 aliphatic heterocycles. The first-order chi connectivity index (χ1) is 8.64. The summed E-state index contributed by atoms with van der Waals surface area (Å²) in [5, 5.41) is 0. The lowest BCUT2D eigenvalue weighted by atomic mass is 9.86. The molecule has 1 aromatic carbocycles. The van der Waals surface area contributed by atoms with Gasteiger partial charge in [0.05, 0.1) is 13.2 Å². The van der Waals surface area contributed by atoms with E-state index in [-0.39, 0.29) is 17.6 Å². The molecule has 0 N–H and O–H groups in total. The van der Waals surface area contributed by atoms with Gasteiger partial charge in [-0.15, -0.1) is 0 Å². The molecule has 2 rings (SSSR count). The van der Waals surface area contributed by atoms with Gasteiger partial charge in [-0.25, -0.2) is 0 Å². The molecule has 0 unspecified atom stereocenters. The summed E-state index contributed by atoms with van der Waals surface area (Å²) in [5.41, 5.74) is 1.48.